The zero-order valence-electron chi connectivity index (χ0n) is 12.7. The van der Waals surface area contributed by atoms with Crippen molar-refractivity contribution in [3.8, 4) is 23.0 Å². The van der Waals surface area contributed by atoms with Crippen LogP contribution in [0.1, 0.15) is 17.3 Å². The smallest absolute Gasteiger partial charge is 0.170 e. The van der Waals surface area contributed by atoms with Crippen LogP contribution in [0.4, 0.5) is 0 Å². The molecule has 0 aliphatic carbocycles. The van der Waals surface area contributed by atoms with Crippen LogP contribution in [-0.2, 0) is 0 Å². The van der Waals surface area contributed by atoms with Gasteiger partial charge in [-0.15, -0.1) is 0 Å². The van der Waals surface area contributed by atoms with Crippen molar-refractivity contribution in [3.05, 3.63) is 84.4 Å². The number of benzene rings is 3. The van der Waals surface area contributed by atoms with E-state index in [1.807, 2.05) is 60.7 Å². The summed E-state index contributed by atoms with van der Waals surface area (Å²) in [6.45, 7) is 1.53. The van der Waals surface area contributed by atoms with Crippen LogP contribution >= 0.6 is 0 Å². The number of carbonyl (C=O) groups is 1. The van der Waals surface area contributed by atoms with Gasteiger partial charge in [0.1, 0.15) is 11.5 Å². The monoisotopic (exact) mass is 304 g/mol. The first kappa shape index (κ1) is 14.9. The largest absolute Gasteiger partial charge is 0.453 e. The summed E-state index contributed by atoms with van der Waals surface area (Å²) < 4.78 is 11.8. The van der Waals surface area contributed by atoms with E-state index in [1.54, 1.807) is 18.2 Å². The van der Waals surface area contributed by atoms with Gasteiger partial charge in [-0.3, -0.25) is 4.79 Å². The molecule has 0 aromatic heterocycles. The highest BCUT2D eigenvalue weighted by atomic mass is 16.5. The molecule has 23 heavy (non-hydrogen) atoms. The number of hydrogen-bond donors (Lipinski definition) is 0. The molecule has 3 aromatic rings. The fourth-order valence-corrected chi connectivity index (χ4v) is 2.12. The maximum absolute atomic E-state index is 11.6. The maximum Gasteiger partial charge on any atom is 0.170 e. The number of hydrogen-bond acceptors (Lipinski definition) is 3. The molecule has 0 atom stereocenters. The number of rotatable bonds is 5. The SMILES string of the molecule is CC(=O)c1ccc(Oc2ccccc2)c(Oc2ccccc2)c1. The zero-order valence-corrected chi connectivity index (χ0v) is 12.7. The van der Waals surface area contributed by atoms with E-state index in [0.717, 1.165) is 0 Å². The molecule has 0 N–H and O–H groups in total. The van der Waals surface area contributed by atoms with Gasteiger partial charge in [0.25, 0.3) is 0 Å². The molecule has 0 aliphatic rings. The predicted octanol–water partition coefficient (Wildman–Crippen LogP) is 5.47. The highest BCUT2D eigenvalue weighted by Gasteiger charge is 2.11. The molecule has 0 heterocycles. The molecule has 0 saturated carbocycles. The summed E-state index contributed by atoms with van der Waals surface area (Å²) >= 11 is 0. The number of carbonyl (C=O) groups excluding carboxylic acids is 1. The van der Waals surface area contributed by atoms with E-state index in [0.29, 0.717) is 28.6 Å². The summed E-state index contributed by atoms with van der Waals surface area (Å²) in [7, 11) is 0. The first-order chi connectivity index (χ1) is 11.2. The van der Waals surface area contributed by atoms with E-state index in [2.05, 4.69) is 0 Å². The van der Waals surface area contributed by atoms with E-state index in [1.165, 1.54) is 6.92 Å². The van der Waals surface area contributed by atoms with Crippen LogP contribution in [0.3, 0.4) is 0 Å². The fraction of sp³-hybridized carbons (Fsp3) is 0.0500. The average Bonchev–Trinajstić information content (AvgIpc) is 2.58. The minimum Gasteiger partial charge on any atom is -0.453 e. The van der Waals surface area contributed by atoms with Crippen LogP contribution < -0.4 is 9.47 Å². The molecule has 0 bridgehead atoms. The minimum atomic E-state index is -0.0193. The Morgan fingerprint density at radius 1 is 0.696 bits per heavy atom. The van der Waals surface area contributed by atoms with E-state index in [4.69, 9.17) is 9.47 Å². The highest BCUT2D eigenvalue weighted by Crippen LogP contribution is 2.35. The van der Waals surface area contributed by atoms with Gasteiger partial charge in [0.05, 0.1) is 0 Å². The second-order valence-electron chi connectivity index (χ2n) is 5.05. The Morgan fingerprint density at radius 2 is 1.22 bits per heavy atom. The minimum absolute atomic E-state index is 0.0193. The lowest BCUT2D eigenvalue weighted by Gasteiger charge is -2.13. The van der Waals surface area contributed by atoms with Crippen molar-refractivity contribution in [2.75, 3.05) is 0 Å². The summed E-state index contributed by atoms with van der Waals surface area (Å²) in [5.41, 5.74) is 0.580. The van der Waals surface area contributed by atoms with E-state index in [9.17, 15) is 4.79 Å². The van der Waals surface area contributed by atoms with Crippen LogP contribution in [-0.4, -0.2) is 5.78 Å². The number of para-hydroxylation sites is 2. The van der Waals surface area contributed by atoms with Gasteiger partial charge in [0, 0.05) is 5.56 Å². The molecule has 3 heteroatoms. The summed E-state index contributed by atoms with van der Waals surface area (Å²) in [6, 6.07) is 24.1. The molecule has 0 spiro atoms. The number of ether oxygens (including phenoxy) is 2. The standard InChI is InChI=1S/C20H16O3/c1-15(21)16-12-13-19(22-17-8-4-2-5-9-17)20(14-16)23-18-10-6-3-7-11-18/h2-14H,1H3. The number of ketones is 1. The molecule has 0 unspecified atom stereocenters. The van der Waals surface area contributed by atoms with Gasteiger partial charge >= 0.3 is 0 Å². The van der Waals surface area contributed by atoms with Gasteiger partial charge in [-0.2, -0.15) is 0 Å². The van der Waals surface area contributed by atoms with Gasteiger partial charge in [0.2, 0.25) is 0 Å². The maximum atomic E-state index is 11.6. The molecular weight excluding hydrogens is 288 g/mol. The molecule has 0 fully saturated rings. The van der Waals surface area contributed by atoms with E-state index in [-0.39, 0.29) is 5.78 Å². The normalized spacial score (nSPS) is 10.1. The first-order valence-electron chi connectivity index (χ1n) is 7.33. The van der Waals surface area contributed by atoms with E-state index < -0.39 is 0 Å². The molecule has 0 amide bonds. The molecule has 0 aliphatic heterocycles. The van der Waals surface area contributed by atoms with Crippen molar-refractivity contribution in [3.63, 3.8) is 0 Å². The highest BCUT2D eigenvalue weighted by molar-refractivity contribution is 5.94. The third-order valence-corrected chi connectivity index (χ3v) is 3.29. The van der Waals surface area contributed by atoms with Gasteiger partial charge < -0.3 is 9.47 Å². The lowest BCUT2D eigenvalue weighted by Crippen LogP contribution is -1.96. The summed E-state index contributed by atoms with van der Waals surface area (Å²) in [4.78, 5) is 11.6. The summed E-state index contributed by atoms with van der Waals surface area (Å²) in [5, 5.41) is 0. The predicted molar refractivity (Wildman–Crippen MR) is 89.5 cm³/mol. The van der Waals surface area contributed by atoms with Crippen molar-refractivity contribution in [2.24, 2.45) is 0 Å². The molecule has 0 saturated heterocycles. The molecular formula is C20H16O3. The third-order valence-electron chi connectivity index (χ3n) is 3.29. The van der Waals surface area contributed by atoms with Gasteiger partial charge in [0.15, 0.2) is 17.3 Å². The van der Waals surface area contributed by atoms with Crippen LogP contribution in [0.25, 0.3) is 0 Å². The van der Waals surface area contributed by atoms with Gasteiger partial charge in [-0.25, -0.2) is 0 Å². The molecule has 3 aromatic carbocycles. The Kier molecular flexibility index (Phi) is 4.39. The fourth-order valence-electron chi connectivity index (χ4n) is 2.12. The first-order valence-corrected chi connectivity index (χ1v) is 7.33. The van der Waals surface area contributed by atoms with Crippen molar-refractivity contribution < 1.29 is 14.3 Å². The third kappa shape index (κ3) is 3.77. The number of Topliss-reactive ketones (excluding diaryl/α,β-unsaturated/α-hetero) is 1. The topological polar surface area (TPSA) is 35.5 Å². The molecule has 114 valence electrons. The van der Waals surface area contributed by atoms with Crippen LogP contribution in [0.2, 0.25) is 0 Å². The Balaban J connectivity index is 1.95. The molecule has 3 nitrogen and oxygen atoms in total. The second kappa shape index (κ2) is 6.79. The van der Waals surface area contributed by atoms with Crippen LogP contribution in [0.5, 0.6) is 23.0 Å². The van der Waals surface area contributed by atoms with Crippen LogP contribution in [0, 0.1) is 0 Å². The Morgan fingerprint density at radius 3 is 1.74 bits per heavy atom. The lowest BCUT2D eigenvalue weighted by molar-refractivity contribution is 0.101. The zero-order chi connectivity index (χ0) is 16.1. The van der Waals surface area contributed by atoms with E-state index >= 15 is 0 Å². The van der Waals surface area contributed by atoms with Crippen LogP contribution in [0.15, 0.2) is 78.9 Å². The Labute approximate surface area is 135 Å². The lowest BCUT2D eigenvalue weighted by atomic mass is 10.1. The van der Waals surface area contributed by atoms with Crippen molar-refractivity contribution >= 4 is 5.78 Å². The summed E-state index contributed by atoms with van der Waals surface area (Å²) in [6.07, 6.45) is 0. The van der Waals surface area contributed by atoms with Gasteiger partial charge in [-0.1, -0.05) is 36.4 Å². The van der Waals surface area contributed by atoms with Gasteiger partial charge in [-0.05, 0) is 49.4 Å². The molecule has 0 radical (unpaired) electrons. The molecule has 3 rings (SSSR count). The van der Waals surface area contributed by atoms with Crippen molar-refractivity contribution in [1.29, 1.82) is 0 Å². The van der Waals surface area contributed by atoms with Crippen molar-refractivity contribution in [2.45, 2.75) is 6.92 Å². The van der Waals surface area contributed by atoms with Crippen molar-refractivity contribution in [1.82, 2.24) is 0 Å². The second-order valence-corrected chi connectivity index (χ2v) is 5.05. The Bertz CT molecular complexity index is 796. The summed E-state index contributed by atoms with van der Waals surface area (Å²) in [5.74, 6) is 2.44. The quantitative estimate of drug-likeness (QED) is 0.586. The Hall–Kier alpha value is -3.07. The average molecular weight is 304 g/mol.